The second kappa shape index (κ2) is 6.03. The first kappa shape index (κ1) is 16.4. The van der Waals surface area contributed by atoms with Gasteiger partial charge in [-0.05, 0) is 18.9 Å². The van der Waals surface area contributed by atoms with Gasteiger partial charge in [-0.1, -0.05) is 0 Å². The summed E-state index contributed by atoms with van der Waals surface area (Å²) in [5, 5.41) is 27.5. The smallest absolute Gasteiger partial charge is 0.352 e. The van der Waals surface area contributed by atoms with Crippen molar-refractivity contribution in [2.24, 2.45) is 11.7 Å². The number of ether oxygens (including phenoxy) is 1. The topological polar surface area (TPSA) is 150 Å². The van der Waals surface area contributed by atoms with Crippen LogP contribution in [0.2, 0.25) is 0 Å². The zero-order chi connectivity index (χ0) is 16.6. The molecule has 0 spiro atoms. The molecule has 122 valence electrons. The van der Waals surface area contributed by atoms with Crippen LogP contribution in [0.15, 0.2) is 11.3 Å². The van der Waals surface area contributed by atoms with Gasteiger partial charge in [0.15, 0.2) is 0 Å². The Kier molecular flexibility index (Phi) is 4.50. The largest absolute Gasteiger partial charge is 0.480 e. The van der Waals surface area contributed by atoms with Crippen molar-refractivity contribution in [2.45, 2.75) is 31.5 Å². The molecule has 4 atom stereocenters. The molecule has 22 heavy (non-hydrogen) atoms. The Morgan fingerprint density at radius 3 is 2.59 bits per heavy atom. The van der Waals surface area contributed by atoms with Crippen molar-refractivity contribution < 1.29 is 34.4 Å². The van der Waals surface area contributed by atoms with E-state index in [0.717, 1.165) is 4.90 Å². The number of aliphatic hydroxyl groups excluding tert-OH is 1. The minimum atomic E-state index is -1.25. The van der Waals surface area contributed by atoms with Crippen LogP contribution in [0.1, 0.15) is 13.3 Å². The van der Waals surface area contributed by atoms with Crippen molar-refractivity contribution in [1.29, 1.82) is 0 Å². The van der Waals surface area contributed by atoms with E-state index in [9.17, 15) is 24.6 Å². The number of aliphatic hydroxyl groups is 1. The summed E-state index contributed by atoms with van der Waals surface area (Å²) in [4.78, 5) is 35.0. The third-order valence-electron chi connectivity index (χ3n) is 3.91. The molecule has 2 aliphatic heterocycles. The van der Waals surface area contributed by atoms with Crippen molar-refractivity contribution in [3.05, 3.63) is 11.3 Å². The van der Waals surface area contributed by atoms with Crippen LogP contribution in [0.25, 0.3) is 0 Å². The SMILES string of the molecule is CC(O)C1C(=O)N2C(C(=O)O)=C(COCC(N)C(=O)O)CC12. The molecule has 9 heteroatoms. The molecule has 0 radical (unpaired) electrons. The fraction of sp³-hybridized carbons (Fsp3) is 0.615. The summed E-state index contributed by atoms with van der Waals surface area (Å²) < 4.78 is 5.15. The molecule has 4 unspecified atom stereocenters. The van der Waals surface area contributed by atoms with Crippen LogP contribution in [-0.4, -0.2) is 69.5 Å². The van der Waals surface area contributed by atoms with Crippen LogP contribution in [0.3, 0.4) is 0 Å². The van der Waals surface area contributed by atoms with Gasteiger partial charge in [0.2, 0.25) is 5.91 Å². The van der Waals surface area contributed by atoms with Crippen LogP contribution in [0.5, 0.6) is 0 Å². The number of hydrogen-bond donors (Lipinski definition) is 4. The Bertz CT molecular complexity index is 543. The maximum absolute atomic E-state index is 11.9. The zero-order valence-electron chi connectivity index (χ0n) is 11.9. The van der Waals surface area contributed by atoms with E-state index >= 15 is 0 Å². The highest BCUT2D eigenvalue weighted by Gasteiger charge is 2.56. The fourth-order valence-electron chi connectivity index (χ4n) is 2.87. The summed E-state index contributed by atoms with van der Waals surface area (Å²) >= 11 is 0. The number of carboxylic acid groups (broad SMARTS) is 2. The summed E-state index contributed by atoms with van der Waals surface area (Å²) in [6, 6.07) is -1.58. The quantitative estimate of drug-likeness (QED) is 0.409. The number of rotatable bonds is 7. The molecule has 0 aliphatic carbocycles. The van der Waals surface area contributed by atoms with Crippen molar-refractivity contribution in [1.82, 2.24) is 4.90 Å². The lowest BCUT2D eigenvalue weighted by Gasteiger charge is -2.44. The molecule has 1 fully saturated rings. The van der Waals surface area contributed by atoms with E-state index in [1.807, 2.05) is 0 Å². The van der Waals surface area contributed by atoms with Crippen molar-refractivity contribution >= 4 is 17.8 Å². The normalized spacial score (nSPS) is 26.5. The molecule has 1 saturated heterocycles. The van der Waals surface area contributed by atoms with E-state index in [1.165, 1.54) is 6.92 Å². The lowest BCUT2D eigenvalue weighted by atomic mass is 9.83. The molecule has 0 bridgehead atoms. The lowest BCUT2D eigenvalue weighted by molar-refractivity contribution is -0.161. The molecule has 0 saturated carbocycles. The maximum Gasteiger partial charge on any atom is 0.352 e. The number of carboxylic acids is 2. The summed E-state index contributed by atoms with van der Waals surface area (Å²) in [6.07, 6.45) is -0.574. The Morgan fingerprint density at radius 1 is 1.45 bits per heavy atom. The molecule has 9 nitrogen and oxygen atoms in total. The first-order chi connectivity index (χ1) is 10.3. The van der Waals surface area contributed by atoms with Gasteiger partial charge in [-0.3, -0.25) is 9.59 Å². The van der Waals surface area contributed by atoms with Crippen molar-refractivity contribution in [2.75, 3.05) is 13.2 Å². The summed E-state index contributed by atoms with van der Waals surface area (Å²) in [5.41, 5.74) is 5.54. The maximum atomic E-state index is 11.9. The van der Waals surface area contributed by atoms with Gasteiger partial charge in [0.05, 0.1) is 31.3 Å². The van der Waals surface area contributed by atoms with Gasteiger partial charge in [0, 0.05) is 0 Å². The molecule has 0 aromatic heterocycles. The van der Waals surface area contributed by atoms with Crippen molar-refractivity contribution in [3.8, 4) is 0 Å². The second-order valence-corrected chi connectivity index (χ2v) is 5.46. The average Bonchev–Trinajstić information content (AvgIpc) is 2.72. The number of fused-ring (bicyclic) bond motifs is 1. The predicted octanol–water partition coefficient (Wildman–Crippen LogP) is -1.63. The second-order valence-electron chi connectivity index (χ2n) is 5.46. The Hall–Kier alpha value is -1.97. The van der Waals surface area contributed by atoms with E-state index in [1.54, 1.807) is 0 Å². The lowest BCUT2D eigenvalue weighted by Crippen LogP contribution is -2.61. The van der Waals surface area contributed by atoms with Crippen molar-refractivity contribution in [3.63, 3.8) is 0 Å². The molecule has 5 N–H and O–H groups in total. The Morgan fingerprint density at radius 2 is 2.09 bits per heavy atom. The number of aliphatic carboxylic acids is 2. The number of nitrogens with zero attached hydrogens (tertiary/aromatic N) is 1. The van der Waals surface area contributed by atoms with E-state index in [0.29, 0.717) is 5.57 Å². The summed E-state index contributed by atoms with van der Waals surface area (Å²) in [6.45, 7) is 1.11. The van der Waals surface area contributed by atoms with Crippen LogP contribution < -0.4 is 5.73 Å². The van der Waals surface area contributed by atoms with Crippen LogP contribution >= 0.6 is 0 Å². The van der Waals surface area contributed by atoms with Gasteiger partial charge in [-0.15, -0.1) is 0 Å². The van der Waals surface area contributed by atoms with Gasteiger partial charge in [0.25, 0.3) is 0 Å². The highest BCUT2D eigenvalue weighted by molar-refractivity contribution is 5.99. The first-order valence-electron chi connectivity index (χ1n) is 6.78. The van der Waals surface area contributed by atoms with Gasteiger partial charge in [-0.25, -0.2) is 4.79 Å². The number of hydrogen-bond acceptors (Lipinski definition) is 6. The Labute approximate surface area is 125 Å². The number of β-lactam (4-membered cyclic amide) rings is 1. The Balaban J connectivity index is 2.06. The minimum absolute atomic E-state index is 0.116. The summed E-state index contributed by atoms with van der Waals surface area (Å²) in [7, 11) is 0. The average molecular weight is 314 g/mol. The third kappa shape index (κ3) is 2.70. The predicted molar refractivity (Wildman–Crippen MR) is 71.5 cm³/mol. The third-order valence-corrected chi connectivity index (χ3v) is 3.91. The van der Waals surface area contributed by atoms with E-state index in [4.69, 9.17) is 15.6 Å². The van der Waals surface area contributed by atoms with E-state index in [2.05, 4.69) is 0 Å². The highest BCUT2D eigenvalue weighted by Crippen LogP contribution is 2.43. The van der Waals surface area contributed by atoms with Gasteiger partial charge in [0.1, 0.15) is 11.7 Å². The molecular weight excluding hydrogens is 296 g/mol. The molecule has 1 amide bonds. The van der Waals surface area contributed by atoms with Gasteiger partial charge < -0.3 is 30.7 Å². The first-order valence-corrected chi connectivity index (χ1v) is 6.78. The molecular formula is C13H18N2O7. The number of nitrogens with two attached hydrogens (primary N) is 1. The van der Waals surface area contributed by atoms with E-state index in [-0.39, 0.29) is 31.4 Å². The van der Waals surface area contributed by atoms with Gasteiger partial charge in [-0.2, -0.15) is 0 Å². The number of amides is 1. The van der Waals surface area contributed by atoms with Crippen LogP contribution in [-0.2, 0) is 19.1 Å². The molecule has 2 aliphatic rings. The zero-order valence-corrected chi connectivity index (χ0v) is 11.9. The fourth-order valence-corrected chi connectivity index (χ4v) is 2.87. The molecule has 2 heterocycles. The molecule has 0 aromatic rings. The highest BCUT2D eigenvalue weighted by atomic mass is 16.5. The molecule has 2 rings (SSSR count). The van der Waals surface area contributed by atoms with Crippen LogP contribution in [0, 0.1) is 5.92 Å². The molecule has 0 aromatic carbocycles. The summed E-state index contributed by atoms with van der Waals surface area (Å²) in [5.74, 6) is -3.50. The number of carbonyl (C=O) groups is 3. The number of carbonyl (C=O) groups excluding carboxylic acids is 1. The van der Waals surface area contributed by atoms with E-state index < -0.39 is 35.9 Å². The monoisotopic (exact) mass is 314 g/mol. The minimum Gasteiger partial charge on any atom is -0.480 e. The van der Waals surface area contributed by atoms with Gasteiger partial charge >= 0.3 is 11.9 Å². The van der Waals surface area contributed by atoms with Crippen LogP contribution in [0.4, 0.5) is 0 Å². The standard InChI is InChI=1S/C13H18N2O7/c1-5(16)9-8-2-6(3-22-4-7(14)12(18)19)10(13(20)21)15(8)11(9)17/h5,7-9,16H,2-4,14H2,1H3,(H,18,19)(H,20,21).